The molecule has 1 heterocycles. The number of nitrogens with two attached hydrogens (primary N) is 3. The summed E-state index contributed by atoms with van der Waals surface area (Å²) in [7, 11) is 0. The average Bonchev–Trinajstić information content (AvgIpc) is 3.19. The minimum absolute atomic E-state index is 0.222. The van der Waals surface area contributed by atoms with Gasteiger partial charge in [-0.05, 0) is 44.6 Å². The smallest absolute Gasteiger partial charge is 0.326 e. The van der Waals surface area contributed by atoms with Crippen molar-refractivity contribution in [2.24, 2.45) is 23.1 Å². The van der Waals surface area contributed by atoms with Gasteiger partial charge in [-0.3, -0.25) is 19.2 Å². The standard InChI is InChI=1S/C20H36N6O6/c1-11(2)16(18(29)24-13(20(31)32)6-3-4-8-21)25-17(28)14-7-5-9-26(14)19(30)12(22)10-15(23)27/h11-14,16H,3-10,21-22H2,1-2H3,(H2,23,27)(H,24,29)(H,25,28)(H,31,32). The van der Waals surface area contributed by atoms with Crippen LogP contribution in [0.5, 0.6) is 0 Å². The summed E-state index contributed by atoms with van der Waals surface area (Å²) in [5.74, 6) is -3.93. The Morgan fingerprint density at radius 3 is 2.31 bits per heavy atom. The van der Waals surface area contributed by atoms with Gasteiger partial charge in [0.1, 0.15) is 18.1 Å². The Labute approximate surface area is 187 Å². The zero-order chi connectivity index (χ0) is 24.4. The second-order valence-corrected chi connectivity index (χ2v) is 8.38. The van der Waals surface area contributed by atoms with Crippen LogP contribution in [0.2, 0.25) is 0 Å². The molecule has 9 N–H and O–H groups in total. The highest BCUT2D eigenvalue weighted by molar-refractivity contribution is 5.95. The summed E-state index contributed by atoms with van der Waals surface area (Å²) in [5.41, 5.74) is 16.3. The first kappa shape index (κ1) is 27.3. The zero-order valence-corrected chi connectivity index (χ0v) is 18.7. The summed E-state index contributed by atoms with van der Waals surface area (Å²) < 4.78 is 0. The summed E-state index contributed by atoms with van der Waals surface area (Å²) in [6.07, 6.45) is 2.00. The number of hydrogen-bond donors (Lipinski definition) is 6. The molecule has 12 heteroatoms. The third-order valence-corrected chi connectivity index (χ3v) is 5.39. The van der Waals surface area contributed by atoms with Crippen LogP contribution in [0.25, 0.3) is 0 Å². The van der Waals surface area contributed by atoms with E-state index in [1.165, 1.54) is 4.90 Å². The van der Waals surface area contributed by atoms with Crippen molar-refractivity contribution in [1.82, 2.24) is 15.5 Å². The number of unbranched alkanes of at least 4 members (excludes halogenated alkanes) is 1. The molecular formula is C20H36N6O6. The van der Waals surface area contributed by atoms with Crippen molar-refractivity contribution in [3.8, 4) is 0 Å². The number of likely N-dealkylation sites (tertiary alicyclic amines) is 1. The number of aliphatic carboxylic acids is 1. The first-order valence-corrected chi connectivity index (χ1v) is 10.9. The van der Waals surface area contributed by atoms with Crippen molar-refractivity contribution in [2.45, 2.75) is 76.5 Å². The summed E-state index contributed by atoms with van der Waals surface area (Å²) in [6, 6.07) is -4.07. The molecule has 0 aromatic rings. The number of amides is 4. The van der Waals surface area contributed by atoms with Crippen LogP contribution in [0.15, 0.2) is 0 Å². The predicted molar refractivity (Wildman–Crippen MR) is 116 cm³/mol. The highest BCUT2D eigenvalue weighted by Crippen LogP contribution is 2.19. The van der Waals surface area contributed by atoms with Crippen molar-refractivity contribution >= 4 is 29.6 Å². The van der Waals surface area contributed by atoms with Crippen LogP contribution in [-0.4, -0.2) is 76.9 Å². The van der Waals surface area contributed by atoms with E-state index in [2.05, 4.69) is 10.6 Å². The van der Waals surface area contributed by atoms with E-state index in [1.54, 1.807) is 13.8 Å². The van der Waals surface area contributed by atoms with Gasteiger partial charge in [0.15, 0.2) is 0 Å². The van der Waals surface area contributed by atoms with Gasteiger partial charge in [0, 0.05) is 6.54 Å². The van der Waals surface area contributed by atoms with Gasteiger partial charge >= 0.3 is 5.97 Å². The molecule has 32 heavy (non-hydrogen) atoms. The Hall–Kier alpha value is -2.73. The van der Waals surface area contributed by atoms with Gasteiger partial charge in [0.25, 0.3) is 0 Å². The average molecular weight is 457 g/mol. The van der Waals surface area contributed by atoms with E-state index in [4.69, 9.17) is 17.2 Å². The summed E-state index contributed by atoms with van der Waals surface area (Å²) in [4.78, 5) is 62.1. The van der Waals surface area contributed by atoms with Crippen molar-refractivity contribution < 1.29 is 29.1 Å². The lowest BCUT2D eigenvalue weighted by molar-refractivity contribution is -0.143. The molecule has 1 aliphatic rings. The minimum Gasteiger partial charge on any atom is -0.480 e. The molecule has 0 radical (unpaired) electrons. The maximum absolute atomic E-state index is 12.9. The third-order valence-electron chi connectivity index (χ3n) is 5.39. The molecule has 0 aromatic carbocycles. The first-order chi connectivity index (χ1) is 15.0. The van der Waals surface area contributed by atoms with Gasteiger partial charge in [0.05, 0.1) is 12.5 Å². The van der Waals surface area contributed by atoms with E-state index in [0.29, 0.717) is 38.8 Å². The molecule has 4 amide bonds. The van der Waals surface area contributed by atoms with Crippen LogP contribution in [-0.2, 0) is 24.0 Å². The minimum atomic E-state index is -1.17. The second-order valence-electron chi connectivity index (χ2n) is 8.38. The summed E-state index contributed by atoms with van der Waals surface area (Å²) in [6.45, 7) is 4.15. The second kappa shape index (κ2) is 13.0. The lowest BCUT2D eigenvalue weighted by atomic mass is 10.0. The number of rotatable bonds is 13. The molecule has 1 saturated heterocycles. The maximum atomic E-state index is 12.9. The van der Waals surface area contributed by atoms with Gasteiger partial charge < -0.3 is 37.8 Å². The van der Waals surface area contributed by atoms with Crippen LogP contribution in [0.4, 0.5) is 0 Å². The molecular weight excluding hydrogens is 420 g/mol. The fourth-order valence-electron chi connectivity index (χ4n) is 3.62. The number of carboxylic acid groups (broad SMARTS) is 1. The highest BCUT2D eigenvalue weighted by atomic mass is 16.4. The SMILES string of the molecule is CC(C)C(NC(=O)C1CCCN1C(=O)C(N)CC(N)=O)C(=O)NC(CCCCN)C(=O)O. The molecule has 1 fully saturated rings. The topological polar surface area (TPSA) is 211 Å². The molecule has 0 saturated carbocycles. The normalized spacial score (nSPS) is 18.7. The lowest BCUT2D eigenvalue weighted by Gasteiger charge is -2.29. The van der Waals surface area contributed by atoms with Crippen LogP contribution < -0.4 is 27.8 Å². The zero-order valence-electron chi connectivity index (χ0n) is 18.7. The van der Waals surface area contributed by atoms with Crippen LogP contribution in [0.3, 0.4) is 0 Å². The van der Waals surface area contributed by atoms with E-state index >= 15 is 0 Å². The van der Waals surface area contributed by atoms with Gasteiger partial charge in [-0.15, -0.1) is 0 Å². The number of hydrogen-bond acceptors (Lipinski definition) is 7. The van der Waals surface area contributed by atoms with Gasteiger partial charge in [-0.25, -0.2) is 4.79 Å². The first-order valence-electron chi connectivity index (χ1n) is 10.9. The summed E-state index contributed by atoms with van der Waals surface area (Å²) >= 11 is 0. The predicted octanol–water partition coefficient (Wildman–Crippen LogP) is -1.98. The molecule has 0 spiro atoms. The fourth-order valence-corrected chi connectivity index (χ4v) is 3.62. The van der Waals surface area contributed by atoms with Crippen molar-refractivity contribution in [1.29, 1.82) is 0 Å². The maximum Gasteiger partial charge on any atom is 0.326 e. The number of primary amides is 1. The Balaban J connectivity index is 2.84. The third kappa shape index (κ3) is 8.08. The molecule has 1 rings (SSSR count). The van der Waals surface area contributed by atoms with Crippen LogP contribution in [0, 0.1) is 5.92 Å². The molecule has 4 atom stereocenters. The van der Waals surface area contributed by atoms with Crippen molar-refractivity contribution in [3.63, 3.8) is 0 Å². The van der Waals surface area contributed by atoms with E-state index in [9.17, 15) is 29.1 Å². The van der Waals surface area contributed by atoms with Gasteiger partial charge in [-0.1, -0.05) is 13.8 Å². The van der Waals surface area contributed by atoms with E-state index in [0.717, 1.165) is 0 Å². The van der Waals surface area contributed by atoms with Crippen LogP contribution >= 0.6 is 0 Å². The largest absolute Gasteiger partial charge is 0.480 e. The highest BCUT2D eigenvalue weighted by Gasteiger charge is 2.38. The van der Waals surface area contributed by atoms with E-state index in [1.807, 2.05) is 0 Å². The molecule has 1 aliphatic heterocycles. The van der Waals surface area contributed by atoms with E-state index < -0.39 is 53.8 Å². The number of nitrogens with zero attached hydrogens (tertiary/aromatic N) is 1. The molecule has 4 unspecified atom stereocenters. The number of carbonyl (C=O) groups is 5. The van der Waals surface area contributed by atoms with Crippen molar-refractivity contribution in [2.75, 3.05) is 13.1 Å². The Morgan fingerprint density at radius 1 is 1.12 bits per heavy atom. The van der Waals surface area contributed by atoms with Crippen LogP contribution in [0.1, 0.15) is 52.4 Å². The van der Waals surface area contributed by atoms with Gasteiger partial charge in [0.2, 0.25) is 23.6 Å². The number of carbonyl (C=O) groups excluding carboxylic acids is 4. The molecule has 12 nitrogen and oxygen atoms in total. The molecule has 0 aliphatic carbocycles. The van der Waals surface area contributed by atoms with Crippen molar-refractivity contribution in [3.05, 3.63) is 0 Å². The van der Waals surface area contributed by atoms with E-state index in [-0.39, 0.29) is 18.8 Å². The Bertz CT molecular complexity index is 700. The lowest BCUT2D eigenvalue weighted by Crippen LogP contribution is -2.58. The quantitative estimate of drug-likeness (QED) is 0.170. The molecule has 0 aromatic heterocycles. The summed E-state index contributed by atoms with van der Waals surface area (Å²) in [5, 5.41) is 14.5. The van der Waals surface area contributed by atoms with Gasteiger partial charge in [-0.2, -0.15) is 0 Å². The number of nitrogens with one attached hydrogen (secondary N) is 2. The molecule has 182 valence electrons. The molecule has 0 bridgehead atoms. The number of carboxylic acids is 1. The Morgan fingerprint density at radius 2 is 1.78 bits per heavy atom. The monoisotopic (exact) mass is 456 g/mol. The Kier molecular flexibility index (Phi) is 11.1. The fraction of sp³-hybridized carbons (Fsp3) is 0.750.